The number of carboxylic acids is 2. The summed E-state index contributed by atoms with van der Waals surface area (Å²) in [7, 11) is 0. The number of amides is 2. The molecule has 0 bridgehead atoms. The molecule has 0 aliphatic carbocycles. The van der Waals surface area contributed by atoms with Gasteiger partial charge in [0.2, 0.25) is 0 Å². The number of rotatable bonds is 6. The third-order valence-electron chi connectivity index (χ3n) is 2.34. The van der Waals surface area contributed by atoms with Crippen LogP contribution in [0.4, 0.5) is 4.79 Å². The summed E-state index contributed by atoms with van der Waals surface area (Å²) in [4.78, 5) is 32.5. The second-order valence-corrected chi connectivity index (χ2v) is 4.14. The molecule has 2 amide bonds. The molecule has 0 aliphatic heterocycles. The first-order valence-electron chi connectivity index (χ1n) is 5.25. The molecule has 0 unspecified atom stereocenters. The fraction of sp³-hybridized carbons (Fsp3) is 0.700. The number of carbonyl (C=O) groups is 3. The fourth-order valence-electron chi connectivity index (χ4n) is 0.948. The van der Waals surface area contributed by atoms with Crippen LogP contribution < -0.4 is 10.6 Å². The summed E-state index contributed by atoms with van der Waals surface area (Å²) in [5.41, 5.74) is 0. The highest BCUT2D eigenvalue weighted by atomic mass is 16.4. The molecule has 98 valence electrons. The summed E-state index contributed by atoms with van der Waals surface area (Å²) in [5.74, 6) is -2.46. The van der Waals surface area contributed by atoms with E-state index in [-0.39, 0.29) is 12.0 Å². The van der Waals surface area contributed by atoms with Gasteiger partial charge in [-0.1, -0.05) is 13.8 Å². The van der Waals surface area contributed by atoms with Gasteiger partial charge in [-0.3, -0.25) is 4.79 Å². The normalized spacial score (nSPS) is 13.9. The van der Waals surface area contributed by atoms with Gasteiger partial charge in [-0.2, -0.15) is 0 Å². The molecule has 0 heterocycles. The Balaban J connectivity index is 4.31. The maximum absolute atomic E-state index is 11.4. The van der Waals surface area contributed by atoms with Gasteiger partial charge in [0.05, 0.1) is 6.42 Å². The van der Waals surface area contributed by atoms with Gasteiger partial charge >= 0.3 is 18.0 Å². The lowest BCUT2D eigenvalue weighted by molar-refractivity contribution is -0.145. The van der Waals surface area contributed by atoms with Crippen LogP contribution in [0, 0.1) is 5.92 Å². The largest absolute Gasteiger partial charge is 0.481 e. The quantitative estimate of drug-likeness (QED) is 0.536. The zero-order chi connectivity index (χ0) is 13.6. The van der Waals surface area contributed by atoms with E-state index in [0.29, 0.717) is 0 Å². The molecule has 0 fully saturated rings. The van der Waals surface area contributed by atoms with E-state index in [1.807, 2.05) is 13.8 Å². The van der Waals surface area contributed by atoms with Crippen molar-refractivity contribution >= 4 is 18.0 Å². The second-order valence-electron chi connectivity index (χ2n) is 4.14. The Morgan fingerprint density at radius 2 is 1.59 bits per heavy atom. The van der Waals surface area contributed by atoms with E-state index in [9.17, 15) is 14.4 Å². The molecule has 7 nitrogen and oxygen atoms in total. The zero-order valence-electron chi connectivity index (χ0n) is 10.1. The molecule has 0 saturated heterocycles. The lowest BCUT2D eigenvalue weighted by atomic mass is 10.1. The third kappa shape index (κ3) is 6.39. The summed E-state index contributed by atoms with van der Waals surface area (Å²) >= 11 is 0. The van der Waals surface area contributed by atoms with Gasteiger partial charge in [0.15, 0.2) is 0 Å². The van der Waals surface area contributed by atoms with E-state index in [1.54, 1.807) is 6.92 Å². The van der Waals surface area contributed by atoms with Crippen molar-refractivity contribution in [1.29, 1.82) is 0 Å². The lowest BCUT2D eigenvalue weighted by Gasteiger charge is -2.19. The molecule has 0 saturated carbocycles. The summed E-state index contributed by atoms with van der Waals surface area (Å²) in [6.07, 6.45) is -0.654. The van der Waals surface area contributed by atoms with Gasteiger partial charge < -0.3 is 20.8 Å². The van der Waals surface area contributed by atoms with Crippen molar-refractivity contribution in [2.45, 2.75) is 39.3 Å². The number of hydrogen-bond donors (Lipinski definition) is 4. The topological polar surface area (TPSA) is 116 Å². The van der Waals surface area contributed by atoms with Crippen molar-refractivity contribution in [2.24, 2.45) is 5.92 Å². The van der Waals surface area contributed by atoms with Crippen molar-refractivity contribution in [2.75, 3.05) is 0 Å². The minimum atomic E-state index is -1.42. The van der Waals surface area contributed by atoms with E-state index in [4.69, 9.17) is 10.2 Å². The molecule has 7 heteroatoms. The molecule has 0 aromatic carbocycles. The highest BCUT2D eigenvalue weighted by Crippen LogP contribution is 2.00. The first kappa shape index (κ1) is 15.2. The Bertz CT molecular complexity index is 303. The molecule has 0 aliphatic rings. The van der Waals surface area contributed by atoms with E-state index in [1.165, 1.54) is 0 Å². The average molecular weight is 246 g/mol. The maximum Gasteiger partial charge on any atom is 0.326 e. The molecule has 0 aromatic rings. The van der Waals surface area contributed by atoms with E-state index in [2.05, 4.69) is 10.6 Å². The van der Waals surface area contributed by atoms with Gasteiger partial charge in [0, 0.05) is 6.04 Å². The molecule has 0 spiro atoms. The van der Waals surface area contributed by atoms with Gasteiger partial charge in [-0.15, -0.1) is 0 Å². The van der Waals surface area contributed by atoms with Crippen LogP contribution in [0.5, 0.6) is 0 Å². The number of urea groups is 1. The highest BCUT2D eigenvalue weighted by molar-refractivity contribution is 5.86. The van der Waals surface area contributed by atoms with Crippen molar-refractivity contribution < 1.29 is 24.6 Å². The predicted molar refractivity (Wildman–Crippen MR) is 59.6 cm³/mol. The summed E-state index contributed by atoms with van der Waals surface area (Å²) in [5, 5.41) is 21.8. The van der Waals surface area contributed by atoms with Crippen LogP contribution in [0.25, 0.3) is 0 Å². The minimum Gasteiger partial charge on any atom is -0.481 e. The van der Waals surface area contributed by atoms with Gasteiger partial charge in [0.25, 0.3) is 0 Å². The van der Waals surface area contributed by atoms with Crippen molar-refractivity contribution in [1.82, 2.24) is 10.6 Å². The van der Waals surface area contributed by atoms with E-state index >= 15 is 0 Å². The van der Waals surface area contributed by atoms with Crippen LogP contribution in [-0.4, -0.2) is 40.3 Å². The van der Waals surface area contributed by atoms with Crippen LogP contribution in [0.2, 0.25) is 0 Å². The van der Waals surface area contributed by atoms with Crippen LogP contribution >= 0.6 is 0 Å². The Labute approximate surface area is 99.2 Å². The Morgan fingerprint density at radius 3 is 1.94 bits per heavy atom. The van der Waals surface area contributed by atoms with Crippen LogP contribution in [0.15, 0.2) is 0 Å². The summed E-state index contributed by atoms with van der Waals surface area (Å²) in [6.45, 7) is 5.57. The Morgan fingerprint density at radius 1 is 1.06 bits per heavy atom. The third-order valence-corrected chi connectivity index (χ3v) is 2.34. The average Bonchev–Trinajstić information content (AvgIpc) is 2.15. The van der Waals surface area contributed by atoms with Crippen molar-refractivity contribution in [3.05, 3.63) is 0 Å². The molecule has 0 aromatic heterocycles. The monoisotopic (exact) mass is 246 g/mol. The maximum atomic E-state index is 11.4. The van der Waals surface area contributed by atoms with Crippen LogP contribution in [0.1, 0.15) is 27.2 Å². The van der Waals surface area contributed by atoms with Crippen molar-refractivity contribution in [3.63, 3.8) is 0 Å². The molecular weight excluding hydrogens is 228 g/mol. The first-order valence-corrected chi connectivity index (χ1v) is 5.25. The lowest BCUT2D eigenvalue weighted by Crippen LogP contribution is -2.50. The molecular formula is C10H18N2O5. The zero-order valence-corrected chi connectivity index (χ0v) is 10.1. The van der Waals surface area contributed by atoms with Gasteiger partial charge in [0.1, 0.15) is 6.04 Å². The summed E-state index contributed by atoms with van der Waals surface area (Å²) < 4.78 is 0. The molecule has 4 N–H and O–H groups in total. The Hall–Kier alpha value is -1.79. The number of aliphatic carboxylic acids is 2. The molecule has 0 rings (SSSR count). The molecule has 0 radical (unpaired) electrons. The number of carboxylic acid groups (broad SMARTS) is 2. The standard InChI is InChI=1S/C10H18N2O5/c1-5(2)6(3)11-10(17)12-7(9(15)16)4-8(13)14/h5-7H,4H2,1-3H3,(H,13,14)(H,15,16)(H2,11,12,17)/t6-,7-/m0/s1. The van der Waals surface area contributed by atoms with E-state index < -0.39 is 30.4 Å². The predicted octanol–water partition coefficient (Wildman–Crippen LogP) is 0.258. The smallest absolute Gasteiger partial charge is 0.326 e. The molecule has 2 atom stereocenters. The van der Waals surface area contributed by atoms with Crippen LogP contribution in [-0.2, 0) is 9.59 Å². The Kier molecular flexibility index (Phi) is 6.01. The molecule has 17 heavy (non-hydrogen) atoms. The minimum absolute atomic E-state index is 0.130. The SMILES string of the molecule is CC(C)[C@H](C)NC(=O)N[C@@H](CC(=O)O)C(=O)O. The number of hydrogen-bond acceptors (Lipinski definition) is 3. The van der Waals surface area contributed by atoms with E-state index in [0.717, 1.165) is 0 Å². The van der Waals surface area contributed by atoms with Gasteiger partial charge in [-0.25, -0.2) is 9.59 Å². The number of carbonyl (C=O) groups excluding carboxylic acids is 1. The summed E-state index contributed by atoms with van der Waals surface area (Å²) in [6, 6.07) is -2.24. The number of nitrogens with one attached hydrogen (secondary N) is 2. The van der Waals surface area contributed by atoms with Crippen molar-refractivity contribution in [3.8, 4) is 0 Å². The van der Waals surface area contributed by atoms with Crippen LogP contribution in [0.3, 0.4) is 0 Å². The highest BCUT2D eigenvalue weighted by Gasteiger charge is 2.23. The van der Waals surface area contributed by atoms with Gasteiger partial charge in [-0.05, 0) is 12.8 Å². The second kappa shape index (κ2) is 6.72. The fourth-order valence-corrected chi connectivity index (χ4v) is 0.948. The first-order chi connectivity index (χ1) is 7.73.